The van der Waals surface area contributed by atoms with Gasteiger partial charge < -0.3 is 15.1 Å². The number of rotatable bonds is 5. The lowest BCUT2D eigenvalue weighted by molar-refractivity contribution is -0.148. The van der Waals surface area contributed by atoms with E-state index in [2.05, 4.69) is 0 Å². The molecule has 1 amide bonds. The van der Waals surface area contributed by atoms with E-state index < -0.39 is 17.4 Å². The summed E-state index contributed by atoms with van der Waals surface area (Å²) in [7, 11) is 3.41. The van der Waals surface area contributed by atoms with Gasteiger partial charge in [0.1, 0.15) is 5.54 Å². The van der Waals surface area contributed by atoms with Gasteiger partial charge in [-0.2, -0.15) is 0 Å². The van der Waals surface area contributed by atoms with E-state index in [9.17, 15) is 14.7 Å². The lowest BCUT2D eigenvalue weighted by Gasteiger charge is -2.33. The van der Waals surface area contributed by atoms with Crippen LogP contribution in [0.25, 0.3) is 0 Å². The number of aliphatic hydroxyl groups is 1. The van der Waals surface area contributed by atoms with Gasteiger partial charge in [-0.25, -0.2) is 0 Å². The number of carbonyl (C=O) groups excluding carboxylic acids is 1. The molecule has 2 N–H and O–H groups in total. The highest BCUT2D eigenvalue weighted by Crippen LogP contribution is 2.47. The zero-order valence-electron chi connectivity index (χ0n) is 14.7. The second kappa shape index (κ2) is 6.91. The number of carboxylic acid groups (broad SMARTS) is 1. The van der Waals surface area contributed by atoms with Gasteiger partial charge in [0.15, 0.2) is 0 Å². The molecule has 1 heterocycles. The molecular weight excluding hydrogens is 308 g/mol. The molecule has 1 saturated heterocycles. The van der Waals surface area contributed by atoms with Crippen LogP contribution in [-0.2, 0) is 9.59 Å². The second-order valence-corrected chi connectivity index (χ2v) is 6.79. The highest BCUT2D eigenvalue weighted by molar-refractivity contribution is 5.85. The molecule has 0 saturated carbocycles. The Balaban J connectivity index is 2.48. The molecule has 1 aromatic rings. The maximum atomic E-state index is 12.9. The smallest absolute Gasteiger partial charge is 0.323 e. The summed E-state index contributed by atoms with van der Waals surface area (Å²) in [6.07, 6.45) is 0.242. The third kappa shape index (κ3) is 3.03. The van der Waals surface area contributed by atoms with Gasteiger partial charge in [-0.05, 0) is 38.4 Å². The molecule has 132 valence electrons. The molecule has 0 spiro atoms. The van der Waals surface area contributed by atoms with Crippen molar-refractivity contribution in [2.75, 3.05) is 27.2 Å². The van der Waals surface area contributed by atoms with Crippen LogP contribution >= 0.6 is 0 Å². The van der Waals surface area contributed by atoms with E-state index in [1.807, 2.05) is 31.2 Å². The Hall–Kier alpha value is -1.92. The minimum absolute atomic E-state index is 0.115. The fraction of sp³-hybridized carbons (Fsp3) is 0.556. The van der Waals surface area contributed by atoms with Crippen molar-refractivity contribution >= 4 is 11.9 Å². The number of benzene rings is 1. The van der Waals surface area contributed by atoms with Crippen LogP contribution in [0.4, 0.5) is 0 Å². The molecule has 1 aliphatic rings. The van der Waals surface area contributed by atoms with E-state index in [0.717, 1.165) is 11.1 Å². The van der Waals surface area contributed by atoms with Crippen LogP contribution in [0.2, 0.25) is 0 Å². The molecule has 1 fully saturated rings. The van der Waals surface area contributed by atoms with Crippen molar-refractivity contribution in [3.05, 3.63) is 35.4 Å². The first-order valence-corrected chi connectivity index (χ1v) is 8.11. The van der Waals surface area contributed by atoms with Crippen LogP contribution in [0.1, 0.15) is 30.5 Å². The molecule has 3 atom stereocenters. The number of hydrogen-bond donors (Lipinski definition) is 2. The number of aryl methyl sites for hydroxylation is 1. The molecule has 6 heteroatoms. The summed E-state index contributed by atoms with van der Waals surface area (Å²) in [5.74, 6) is -1.52. The third-order valence-corrected chi connectivity index (χ3v) is 5.29. The number of amides is 1. The maximum Gasteiger partial charge on any atom is 0.323 e. The number of aliphatic hydroxyl groups excluding tert-OH is 1. The number of carboxylic acids is 1. The molecule has 0 unspecified atom stereocenters. The second-order valence-electron chi connectivity index (χ2n) is 6.79. The lowest BCUT2D eigenvalue weighted by atomic mass is 9.87. The first kappa shape index (κ1) is 18.4. The minimum atomic E-state index is -1.10. The van der Waals surface area contributed by atoms with Gasteiger partial charge in [0.05, 0.1) is 12.5 Å². The van der Waals surface area contributed by atoms with Gasteiger partial charge in [-0.3, -0.25) is 14.5 Å². The highest BCUT2D eigenvalue weighted by atomic mass is 16.4. The number of carbonyl (C=O) groups is 2. The van der Waals surface area contributed by atoms with Gasteiger partial charge >= 0.3 is 5.97 Å². The monoisotopic (exact) mass is 334 g/mol. The van der Waals surface area contributed by atoms with Gasteiger partial charge in [0.2, 0.25) is 5.91 Å². The van der Waals surface area contributed by atoms with E-state index in [1.165, 1.54) is 4.90 Å². The predicted molar refractivity (Wildman–Crippen MR) is 90.6 cm³/mol. The fourth-order valence-electron chi connectivity index (χ4n) is 3.61. The molecule has 2 rings (SSSR count). The molecule has 0 bridgehead atoms. The van der Waals surface area contributed by atoms with Crippen LogP contribution in [0.15, 0.2) is 24.3 Å². The van der Waals surface area contributed by atoms with Gasteiger partial charge in [-0.1, -0.05) is 24.3 Å². The van der Waals surface area contributed by atoms with Crippen LogP contribution < -0.4 is 0 Å². The van der Waals surface area contributed by atoms with E-state index >= 15 is 0 Å². The Morgan fingerprint density at radius 3 is 2.54 bits per heavy atom. The molecule has 1 aromatic carbocycles. The summed E-state index contributed by atoms with van der Waals surface area (Å²) in [6, 6.07) is 7.46. The summed E-state index contributed by atoms with van der Waals surface area (Å²) >= 11 is 0. The maximum absolute atomic E-state index is 12.9. The van der Waals surface area contributed by atoms with Crippen LogP contribution in [0.3, 0.4) is 0 Å². The molecule has 0 radical (unpaired) electrons. The van der Waals surface area contributed by atoms with Crippen molar-refractivity contribution in [1.29, 1.82) is 0 Å². The van der Waals surface area contributed by atoms with Crippen molar-refractivity contribution in [2.24, 2.45) is 5.92 Å². The van der Waals surface area contributed by atoms with Gasteiger partial charge in [0.25, 0.3) is 0 Å². The summed E-state index contributed by atoms with van der Waals surface area (Å²) in [6.45, 7) is 3.76. The Morgan fingerprint density at radius 2 is 2.00 bits per heavy atom. The molecule has 1 aliphatic heterocycles. The number of likely N-dealkylation sites (N-methyl/N-ethyl adjacent to an activating group) is 2. The first-order valence-electron chi connectivity index (χ1n) is 8.11. The highest BCUT2D eigenvalue weighted by Gasteiger charge is 2.55. The summed E-state index contributed by atoms with van der Waals surface area (Å²) in [5.41, 5.74) is 0.903. The van der Waals surface area contributed by atoms with E-state index in [1.54, 1.807) is 25.9 Å². The third-order valence-electron chi connectivity index (χ3n) is 5.29. The molecule has 0 aromatic heterocycles. The number of nitrogens with zero attached hydrogens (tertiary/aromatic N) is 2. The van der Waals surface area contributed by atoms with Crippen molar-refractivity contribution < 1.29 is 19.8 Å². The van der Waals surface area contributed by atoms with Crippen molar-refractivity contribution in [3.63, 3.8) is 0 Å². The predicted octanol–water partition coefficient (Wildman–Crippen LogP) is 1.28. The zero-order chi connectivity index (χ0) is 18.1. The Bertz CT molecular complexity index is 633. The van der Waals surface area contributed by atoms with Crippen molar-refractivity contribution in [2.45, 2.75) is 31.8 Å². The van der Waals surface area contributed by atoms with E-state index in [4.69, 9.17) is 5.11 Å². The van der Waals surface area contributed by atoms with Crippen molar-refractivity contribution in [1.82, 2.24) is 9.80 Å². The normalized spacial score (nSPS) is 27.2. The Labute approximate surface area is 142 Å². The number of hydrogen-bond acceptors (Lipinski definition) is 4. The molecule has 24 heavy (non-hydrogen) atoms. The Morgan fingerprint density at radius 1 is 1.38 bits per heavy atom. The van der Waals surface area contributed by atoms with E-state index in [-0.39, 0.29) is 31.5 Å². The topological polar surface area (TPSA) is 81.1 Å². The average Bonchev–Trinajstić information content (AvgIpc) is 2.81. The minimum Gasteiger partial charge on any atom is -0.480 e. The fourth-order valence-corrected chi connectivity index (χ4v) is 3.61. The summed E-state index contributed by atoms with van der Waals surface area (Å²) in [5, 5.41) is 18.8. The van der Waals surface area contributed by atoms with Crippen LogP contribution in [-0.4, -0.2) is 64.7 Å². The van der Waals surface area contributed by atoms with Gasteiger partial charge in [-0.15, -0.1) is 0 Å². The van der Waals surface area contributed by atoms with Crippen molar-refractivity contribution in [3.8, 4) is 0 Å². The standard InChI is InChI=1S/C18H26N2O4/c1-12-7-5-6-8-13(12)15-14(16(22)19(3)9-10-21)11-18(2,17(23)24)20(15)4/h5-8,14-15,21H,9-11H2,1-4H3,(H,23,24)/t14-,15-,18-/m0/s1. The largest absolute Gasteiger partial charge is 0.480 e. The lowest BCUT2D eigenvalue weighted by Crippen LogP contribution is -2.46. The molecule has 0 aliphatic carbocycles. The summed E-state index contributed by atoms with van der Waals surface area (Å²) in [4.78, 5) is 28.0. The SMILES string of the molecule is Cc1ccccc1[C@H]1[C@@H](C(=O)N(C)CCO)C[C@@](C)(C(=O)O)N1C. The molecule has 6 nitrogen and oxygen atoms in total. The van der Waals surface area contributed by atoms with E-state index in [0.29, 0.717) is 0 Å². The zero-order valence-corrected chi connectivity index (χ0v) is 14.7. The molecular formula is C18H26N2O4. The Kier molecular flexibility index (Phi) is 5.30. The van der Waals surface area contributed by atoms with Crippen LogP contribution in [0.5, 0.6) is 0 Å². The summed E-state index contributed by atoms with van der Waals surface area (Å²) < 4.78 is 0. The average molecular weight is 334 g/mol. The first-order chi connectivity index (χ1) is 11.2. The number of likely N-dealkylation sites (tertiary alicyclic amines) is 1. The quantitative estimate of drug-likeness (QED) is 0.848. The van der Waals surface area contributed by atoms with Crippen LogP contribution in [0, 0.1) is 12.8 Å². The number of aliphatic carboxylic acids is 1. The van der Waals surface area contributed by atoms with Gasteiger partial charge in [0, 0.05) is 19.6 Å².